The topological polar surface area (TPSA) is 79.9 Å². The van der Waals surface area contributed by atoms with Crippen LogP contribution in [0.2, 0.25) is 0 Å². The van der Waals surface area contributed by atoms with Gasteiger partial charge in [0.1, 0.15) is 11.5 Å². The van der Waals surface area contributed by atoms with Crippen LogP contribution in [0, 0.1) is 0 Å². The van der Waals surface area contributed by atoms with E-state index in [0.717, 1.165) is 22.7 Å². The van der Waals surface area contributed by atoms with E-state index in [1.807, 2.05) is 48.5 Å². The van der Waals surface area contributed by atoms with Gasteiger partial charge in [0.05, 0.1) is 20.3 Å². The maximum atomic E-state index is 12.3. The number of urea groups is 1. The maximum Gasteiger partial charge on any atom is 0.315 e. The standard InChI is InChI=1S/C20H23N3O4/c1-26-17-9-7-16(8-10-17)23-13-15(11-19(23)24)22-20(25)21-12-14-5-3-4-6-18(14)27-2/h3-10,15H,11-13H2,1-2H3,(H2,21,22,25). The van der Waals surface area contributed by atoms with E-state index >= 15 is 0 Å². The van der Waals surface area contributed by atoms with Crippen LogP contribution in [0.25, 0.3) is 0 Å². The third kappa shape index (κ3) is 4.49. The van der Waals surface area contributed by atoms with Crippen LogP contribution >= 0.6 is 0 Å². The summed E-state index contributed by atoms with van der Waals surface area (Å²) in [6.07, 6.45) is 0.272. The lowest BCUT2D eigenvalue weighted by Gasteiger charge is -2.18. The average Bonchev–Trinajstić information content (AvgIpc) is 3.06. The predicted molar refractivity (Wildman–Crippen MR) is 102 cm³/mol. The number of anilines is 1. The number of nitrogens with zero attached hydrogens (tertiary/aromatic N) is 1. The van der Waals surface area contributed by atoms with Crippen molar-refractivity contribution < 1.29 is 19.1 Å². The van der Waals surface area contributed by atoms with Gasteiger partial charge in [-0.1, -0.05) is 18.2 Å². The molecule has 142 valence electrons. The lowest BCUT2D eigenvalue weighted by atomic mass is 10.2. The van der Waals surface area contributed by atoms with Crippen molar-refractivity contribution in [3.8, 4) is 11.5 Å². The summed E-state index contributed by atoms with van der Waals surface area (Å²) < 4.78 is 10.4. The molecule has 0 bridgehead atoms. The first-order chi connectivity index (χ1) is 13.1. The molecule has 7 nitrogen and oxygen atoms in total. The maximum absolute atomic E-state index is 12.3. The van der Waals surface area contributed by atoms with E-state index in [4.69, 9.17) is 9.47 Å². The Morgan fingerprint density at radius 2 is 1.85 bits per heavy atom. The summed E-state index contributed by atoms with van der Waals surface area (Å²) >= 11 is 0. The van der Waals surface area contributed by atoms with Crippen molar-refractivity contribution in [3.63, 3.8) is 0 Å². The van der Waals surface area contributed by atoms with Gasteiger partial charge >= 0.3 is 6.03 Å². The Hall–Kier alpha value is -3.22. The van der Waals surface area contributed by atoms with Gasteiger partial charge in [-0.2, -0.15) is 0 Å². The van der Waals surface area contributed by atoms with Gasteiger partial charge in [-0.25, -0.2) is 4.79 Å². The quantitative estimate of drug-likeness (QED) is 0.819. The minimum atomic E-state index is -0.310. The predicted octanol–water partition coefficient (Wildman–Crippen LogP) is 2.31. The molecule has 1 unspecified atom stereocenters. The first-order valence-corrected chi connectivity index (χ1v) is 8.71. The SMILES string of the molecule is COc1ccc(N2CC(NC(=O)NCc3ccccc3OC)CC2=O)cc1. The molecule has 2 aromatic rings. The van der Waals surface area contributed by atoms with Crippen LogP contribution in [0.15, 0.2) is 48.5 Å². The Morgan fingerprint density at radius 1 is 1.11 bits per heavy atom. The number of para-hydroxylation sites is 1. The molecule has 1 fully saturated rings. The molecule has 27 heavy (non-hydrogen) atoms. The minimum Gasteiger partial charge on any atom is -0.497 e. The molecule has 3 amide bonds. The van der Waals surface area contributed by atoms with Gasteiger partial charge in [0.2, 0.25) is 5.91 Å². The second-order valence-electron chi connectivity index (χ2n) is 6.24. The highest BCUT2D eigenvalue weighted by atomic mass is 16.5. The third-order valence-electron chi connectivity index (χ3n) is 4.48. The molecule has 0 radical (unpaired) electrons. The van der Waals surface area contributed by atoms with Crippen LogP contribution in [-0.4, -0.2) is 38.7 Å². The summed E-state index contributed by atoms with van der Waals surface area (Å²) in [6, 6.07) is 14.2. The second kappa shape index (κ2) is 8.44. The third-order valence-corrected chi connectivity index (χ3v) is 4.48. The zero-order valence-electron chi connectivity index (χ0n) is 15.4. The van der Waals surface area contributed by atoms with Crippen molar-refractivity contribution in [2.75, 3.05) is 25.7 Å². The molecule has 0 aromatic heterocycles. The Morgan fingerprint density at radius 3 is 2.56 bits per heavy atom. The fraction of sp³-hybridized carbons (Fsp3) is 0.300. The summed E-state index contributed by atoms with van der Waals surface area (Å²) in [5, 5.41) is 5.67. The first kappa shape index (κ1) is 18.6. The molecule has 1 aliphatic heterocycles. The Bertz CT molecular complexity index is 807. The van der Waals surface area contributed by atoms with E-state index in [0.29, 0.717) is 13.1 Å². The second-order valence-corrected chi connectivity index (χ2v) is 6.24. The molecule has 1 aliphatic rings. The van der Waals surface area contributed by atoms with Gasteiger partial charge in [-0.3, -0.25) is 4.79 Å². The van der Waals surface area contributed by atoms with Crippen LogP contribution < -0.4 is 25.0 Å². The summed E-state index contributed by atoms with van der Waals surface area (Å²) in [5.74, 6) is 1.44. The molecule has 0 aliphatic carbocycles. The van der Waals surface area contributed by atoms with Crippen LogP contribution in [0.1, 0.15) is 12.0 Å². The molecule has 1 atom stereocenters. The number of hydrogen-bond donors (Lipinski definition) is 2. The zero-order valence-corrected chi connectivity index (χ0v) is 15.4. The van der Waals surface area contributed by atoms with E-state index in [1.165, 1.54) is 0 Å². The lowest BCUT2D eigenvalue weighted by molar-refractivity contribution is -0.117. The van der Waals surface area contributed by atoms with Crippen molar-refractivity contribution in [3.05, 3.63) is 54.1 Å². The molecule has 2 aromatic carbocycles. The molecular weight excluding hydrogens is 346 g/mol. The summed E-state index contributed by atoms with van der Waals surface area (Å²) in [5.41, 5.74) is 1.68. The summed E-state index contributed by atoms with van der Waals surface area (Å²) in [7, 11) is 3.19. The van der Waals surface area contributed by atoms with Crippen LogP contribution in [0.4, 0.5) is 10.5 Å². The minimum absolute atomic E-state index is 0.0183. The highest BCUT2D eigenvalue weighted by molar-refractivity contribution is 5.96. The zero-order chi connectivity index (χ0) is 19.2. The number of ether oxygens (including phenoxy) is 2. The van der Waals surface area contributed by atoms with Crippen LogP contribution in [0.5, 0.6) is 11.5 Å². The van der Waals surface area contributed by atoms with Gasteiger partial charge in [-0.15, -0.1) is 0 Å². The first-order valence-electron chi connectivity index (χ1n) is 8.71. The number of carbonyl (C=O) groups is 2. The summed E-state index contributed by atoms with van der Waals surface area (Å²) in [4.78, 5) is 26.2. The molecule has 3 rings (SSSR count). The van der Waals surface area contributed by atoms with Crippen molar-refractivity contribution >= 4 is 17.6 Å². The molecule has 0 saturated carbocycles. The monoisotopic (exact) mass is 369 g/mol. The number of nitrogens with one attached hydrogen (secondary N) is 2. The highest BCUT2D eigenvalue weighted by Crippen LogP contribution is 2.24. The number of benzene rings is 2. The lowest BCUT2D eigenvalue weighted by Crippen LogP contribution is -2.43. The highest BCUT2D eigenvalue weighted by Gasteiger charge is 2.31. The Labute approximate surface area is 158 Å². The summed E-state index contributed by atoms with van der Waals surface area (Å²) in [6.45, 7) is 0.784. The number of rotatable bonds is 6. The smallest absolute Gasteiger partial charge is 0.315 e. The number of amides is 3. The number of carbonyl (C=O) groups excluding carboxylic acids is 2. The van der Waals surface area contributed by atoms with Crippen molar-refractivity contribution in [2.45, 2.75) is 19.0 Å². The Balaban J connectivity index is 1.53. The molecule has 2 N–H and O–H groups in total. The van der Waals surface area contributed by atoms with E-state index in [2.05, 4.69) is 10.6 Å². The number of hydrogen-bond acceptors (Lipinski definition) is 4. The van der Waals surface area contributed by atoms with E-state index in [9.17, 15) is 9.59 Å². The van der Waals surface area contributed by atoms with Crippen LogP contribution in [-0.2, 0) is 11.3 Å². The average molecular weight is 369 g/mol. The van der Waals surface area contributed by atoms with E-state index < -0.39 is 0 Å². The largest absolute Gasteiger partial charge is 0.497 e. The van der Waals surface area contributed by atoms with Gasteiger partial charge in [-0.05, 0) is 30.3 Å². The van der Waals surface area contributed by atoms with Crippen LogP contribution in [0.3, 0.4) is 0 Å². The molecule has 1 heterocycles. The molecular formula is C20H23N3O4. The van der Waals surface area contributed by atoms with Crippen molar-refractivity contribution in [1.29, 1.82) is 0 Å². The molecule has 0 spiro atoms. The van der Waals surface area contributed by atoms with E-state index in [-0.39, 0.29) is 24.4 Å². The molecule has 7 heteroatoms. The number of methoxy groups -OCH3 is 2. The Kier molecular flexibility index (Phi) is 5.80. The van der Waals surface area contributed by atoms with Gasteiger partial charge in [0, 0.05) is 30.8 Å². The van der Waals surface area contributed by atoms with Crippen molar-refractivity contribution in [2.24, 2.45) is 0 Å². The van der Waals surface area contributed by atoms with Crippen molar-refractivity contribution in [1.82, 2.24) is 10.6 Å². The molecule has 1 saturated heterocycles. The normalized spacial score (nSPS) is 16.1. The van der Waals surface area contributed by atoms with Gasteiger partial charge < -0.3 is 25.0 Å². The van der Waals surface area contributed by atoms with Gasteiger partial charge in [0.25, 0.3) is 0 Å². The fourth-order valence-electron chi connectivity index (χ4n) is 3.08. The van der Waals surface area contributed by atoms with Gasteiger partial charge in [0.15, 0.2) is 0 Å². The van der Waals surface area contributed by atoms with E-state index in [1.54, 1.807) is 19.1 Å². The fourth-order valence-corrected chi connectivity index (χ4v) is 3.08.